The van der Waals surface area contributed by atoms with Crippen LogP contribution >= 0.6 is 0 Å². The summed E-state index contributed by atoms with van der Waals surface area (Å²) in [5, 5.41) is 9.37. The Kier molecular flexibility index (Phi) is 6.73. The lowest BCUT2D eigenvalue weighted by molar-refractivity contribution is -0.122. The van der Waals surface area contributed by atoms with Crippen molar-refractivity contribution in [2.75, 3.05) is 26.2 Å². The minimum atomic E-state index is 0.184. The molecule has 1 aromatic rings. The maximum absolute atomic E-state index is 11.5. The summed E-state index contributed by atoms with van der Waals surface area (Å²) in [5.41, 5.74) is 0. The first-order valence-electron chi connectivity index (χ1n) is 8.05. The number of carbonyl (C=O) groups is 1. The fraction of sp³-hybridized carbons (Fsp3) is 0.667. The summed E-state index contributed by atoms with van der Waals surface area (Å²) < 4.78 is 2.04. The second kappa shape index (κ2) is 9.07. The summed E-state index contributed by atoms with van der Waals surface area (Å²) >= 11 is 0. The summed E-state index contributed by atoms with van der Waals surface area (Å²) in [4.78, 5) is 20.0. The molecule has 1 saturated carbocycles. The minimum absolute atomic E-state index is 0.184. The van der Waals surface area contributed by atoms with E-state index in [1.165, 1.54) is 0 Å². The van der Waals surface area contributed by atoms with Crippen molar-refractivity contribution < 1.29 is 4.79 Å². The van der Waals surface area contributed by atoms with Crippen molar-refractivity contribution in [3.63, 3.8) is 0 Å². The average molecular weight is 306 g/mol. The Labute approximate surface area is 131 Å². The number of carbonyl (C=O) groups excluding carboxylic acids is 1. The van der Waals surface area contributed by atoms with Gasteiger partial charge in [0.25, 0.3) is 0 Å². The zero-order chi connectivity index (χ0) is 15.6. The Morgan fingerprint density at radius 3 is 2.82 bits per heavy atom. The van der Waals surface area contributed by atoms with Crippen molar-refractivity contribution >= 4 is 11.9 Å². The molecule has 0 bridgehead atoms. The smallest absolute Gasteiger partial charge is 0.223 e. The summed E-state index contributed by atoms with van der Waals surface area (Å²) in [7, 11) is 0. The van der Waals surface area contributed by atoms with Gasteiger partial charge < -0.3 is 20.5 Å². The lowest BCUT2D eigenvalue weighted by Gasteiger charge is -2.11. The quantitative estimate of drug-likeness (QED) is 0.349. The van der Waals surface area contributed by atoms with Crippen LogP contribution < -0.4 is 16.0 Å². The Morgan fingerprint density at radius 1 is 1.32 bits per heavy atom. The van der Waals surface area contributed by atoms with Crippen LogP contribution in [0.1, 0.15) is 26.2 Å². The molecule has 3 N–H and O–H groups in total. The second-order valence-corrected chi connectivity index (χ2v) is 5.41. The predicted molar refractivity (Wildman–Crippen MR) is 86.6 cm³/mol. The third-order valence-corrected chi connectivity index (χ3v) is 3.41. The molecule has 2 rings (SSSR count). The van der Waals surface area contributed by atoms with Crippen molar-refractivity contribution in [2.45, 2.75) is 32.7 Å². The Hall–Kier alpha value is -2.05. The van der Waals surface area contributed by atoms with Gasteiger partial charge in [0.1, 0.15) is 0 Å². The number of aliphatic imine (C=N–C) groups is 1. The molecule has 1 aliphatic rings. The number of rotatable bonds is 9. The molecule has 1 fully saturated rings. The fourth-order valence-corrected chi connectivity index (χ4v) is 2.06. The fourth-order valence-electron chi connectivity index (χ4n) is 2.06. The number of amides is 1. The van der Waals surface area contributed by atoms with E-state index < -0.39 is 0 Å². The van der Waals surface area contributed by atoms with E-state index in [9.17, 15) is 4.79 Å². The van der Waals surface area contributed by atoms with E-state index in [-0.39, 0.29) is 11.8 Å². The SMILES string of the molecule is CCNC(=NCCCn1ccnc1)NCCNC(=O)C1CC1. The molecule has 0 unspecified atom stereocenters. The van der Waals surface area contributed by atoms with Crippen molar-refractivity contribution in [1.29, 1.82) is 0 Å². The van der Waals surface area contributed by atoms with E-state index in [0.717, 1.165) is 44.9 Å². The van der Waals surface area contributed by atoms with Gasteiger partial charge in [-0.15, -0.1) is 0 Å². The Morgan fingerprint density at radius 2 is 2.14 bits per heavy atom. The van der Waals surface area contributed by atoms with Gasteiger partial charge in [0.2, 0.25) is 5.91 Å². The molecule has 0 atom stereocenters. The molecule has 1 amide bonds. The van der Waals surface area contributed by atoms with E-state index in [4.69, 9.17) is 0 Å². The molecule has 0 spiro atoms. The number of nitrogens with zero attached hydrogens (tertiary/aromatic N) is 3. The van der Waals surface area contributed by atoms with Gasteiger partial charge >= 0.3 is 0 Å². The van der Waals surface area contributed by atoms with Crippen LogP contribution in [-0.4, -0.2) is 47.6 Å². The number of hydrogen-bond acceptors (Lipinski definition) is 3. The van der Waals surface area contributed by atoms with Gasteiger partial charge in [-0.3, -0.25) is 9.79 Å². The first-order valence-corrected chi connectivity index (χ1v) is 8.05. The molecular formula is C15H26N6O. The third-order valence-electron chi connectivity index (χ3n) is 3.41. The monoisotopic (exact) mass is 306 g/mol. The average Bonchev–Trinajstić information content (AvgIpc) is 3.25. The number of nitrogens with one attached hydrogen (secondary N) is 3. The zero-order valence-corrected chi connectivity index (χ0v) is 13.2. The molecule has 1 aromatic heterocycles. The first kappa shape index (κ1) is 16.3. The number of aromatic nitrogens is 2. The largest absolute Gasteiger partial charge is 0.357 e. The van der Waals surface area contributed by atoms with Crippen LogP contribution in [0.15, 0.2) is 23.7 Å². The summed E-state index contributed by atoms with van der Waals surface area (Å²) in [6.07, 6.45) is 8.60. The Bertz CT molecular complexity index is 466. The molecular weight excluding hydrogens is 280 g/mol. The molecule has 0 radical (unpaired) electrons. The predicted octanol–water partition coefficient (Wildman–Crippen LogP) is 0.355. The highest BCUT2D eigenvalue weighted by Gasteiger charge is 2.28. The lowest BCUT2D eigenvalue weighted by Crippen LogP contribution is -2.41. The van der Waals surface area contributed by atoms with Crippen LogP contribution in [0.3, 0.4) is 0 Å². The number of guanidine groups is 1. The minimum Gasteiger partial charge on any atom is -0.357 e. The first-order chi connectivity index (χ1) is 10.8. The Balaban J connectivity index is 1.59. The van der Waals surface area contributed by atoms with E-state index >= 15 is 0 Å². The van der Waals surface area contributed by atoms with Crippen LogP contribution in [0.5, 0.6) is 0 Å². The maximum atomic E-state index is 11.5. The van der Waals surface area contributed by atoms with Gasteiger partial charge in [0.15, 0.2) is 5.96 Å². The van der Waals surface area contributed by atoms with Crippen molar-refractivity contribution in [3.05, 3.63) is 18.7 Å². The number of imidazole rings is 1. The molecule has 0 saturated heterocycles. The van der Waals surface area contributed by atoms with Crippen molar-refractivity contribution in [1.82, 2.24) is 25.5 Å². The maximum Gasteiger partial charge on any atom is 0.223 e. The van der Waals surface area contributed by atoms with Crippen LogP contribution in [-0.2, 0) is 11.3 Å². The topological polar surface area (TPSA) is 83.3 Å². The van der Waals surface area contributed by atoms with Crippen LogP contribution in [0, 0.1) is 5.92 Å². The van der Waals surface area contributed by atoms with Gasteiger partial charge in [-0.2, -0.15) is 0 Å². The lowest BCUT2D eigenvalue weighted by atomic mass is 10.4. The molecule has 7 nitrogen and oxygen atoms in total. The molecule has 0 aromatic carbocycles. The van der Waals surface area contributed by atoms with E-state index in [0.29, 0.717) is 13.1 Å². The highest BCUT2D eigenvalue weighted by atomic mass is 16.2. The van der Waals surface area contributed by atoms with Crippen molar-refractivity contribution in [3.8, 4) is 0 Å². The summed E-state index contributed by atoms with van der Waals surface area (Å²) in [6.45, 7) is 5.85. The molecule has 1 aliphatic carbocycles. The summed E-state index contributed by atoms with van der Waals surface area (Å²) in [6, 6.07) is 0. The highest BCUT2D eigenvalue weighted by Crippen LogP contribution is 2.28. The molecule has 22 heavy (non-hydrogen) atoms. The van der Waals surface area contributed by atoms with Gasteiger partial charge in [-0.25, -0.2) is 4.98 Å². The van der Waals surface area contributed by atoms with Crippen LogP contribution in [0.2, 0.25) is 0 Å². The second-order valence-electron chi connectivity index (χ2n) is 5.41. The van der Waals surface area contributed by atoms with Crippen molar-refractivity contribution in [2.24, 2.45) is 10.9 Å². The molecule has 1 heterocycles. The van der Waals surface area contributed by atoms with Gasteiger partial charge in [0, 0.05) is 51.0 Å². The van der Waals surface area contributed by atoms with Crippen LogP contribution in [0.4, 0.5) is 0 Å². The molecule has 7 heteroatoms. The van der Waals surface area contributed by atoms with E-state index in [1.54, 1.807) is 6.20 Å². The van der Waals surface area contributed by atoms with E-state index in [1.807, 2.05) is 24.0 Å². The highest BCUT2D eigenvalue weighted by molar-refractivity contribution is 5.81. The van der Waals surface area contributed by atoms with E-state index in [2.05, 4.69) is 25.9 Å². The molecule has 122 valence electrons. The number of hydrogen-bond donors (Lipinski definition) is 3. The number of aryl methyl sites for hydroxylation is 1. The summed E-state index contributed by atoms with van der Waals surface area (Å²) in [5.74, 6) is 1.25. The molecule has 0 aliphatic heterocycles. The van der Waals surface area contributed by atoms with Gasteiger partial charge in [-0.1, -0.05) is 0 Å². The normalized spacial score (nSPS) is 14.7. The van der Waals surface area contributed by atoms with Gasteiger partial charge in [0.05, 0.1) is 6.33 Å². The van der Waals surface area contributed by atoms with Crippen LogP contribution in [0.25, 0.3) is 0 Å². The van der Waals surface area contributed by atoms with Gasteiger partial charge in [-0.05, 0) is 26.2 Å². The third kappa shape index (κ3) is 6.15. The zero-order valence-electron chi connectivity index (χ0n) is 13.2. The standard InChI is InChI=1S/C15H26N6O/c1-2-17-15(19-6-3-10-21-11-9-16-12-21)20-8-7-18-14(22)13-4-5-13/h9,11-13H,2-8,10H2,1H3,(H,18,22)(H2,17,19,20).